The zero-order valence-corrected chi connectivity index (χ0v) is 10.8. The molecule has 2 atom stereocenters. The van der Waals surface area contributed by atoms with Crippen LogP contribution in [0.3, 0.4) is 0 Å². The Hall–Kier alpha value is -1.43. The Morgan fingerprint density at radius 2 is 2.44 bits per heavy atom. The van der Waals surface area contributed by atoms with Crippen molar-refractivity contribution in [1.82, 2.24) is 20.1 Å². The average molecular weight is 251 g/mol. The Bertz CT molecular complexity index is 391. The van der Waals surface area contributed by atoms with Crippen molar-refractivity contribution >= 4 is 5.91 Å². The van der Waals surface area contributed by atoms with Gasteiger partial charge in [-0.25, -0.2) is 9.67 Å². The number of amides is 1. The molecule has 0 radical (unpaired) electrons. The number of nitrogens with one attached hydrogen (secondary N) is 1. The summed E-state index contributed by atoms with van der Waals surface area (Å²) in [6.45, 7) is 2.87. The van der Waals surface area contributed by atoms with Gasteiger partial charge >= 0.3 is 0 Å². The summed E-state index contributed by atoms with van der Waals surface area (Å²) >= 11 is 0. The first-order chi connectivity index (χ1) is 8.66. The van der Waals surface area contributed by atoms with Crippen LogP contribution >= 0.6 is 0 Å². The average Bonchev–Trinajstić information content (AvgIpc) is 2.85. The standard InChI is InChI=1S/C12H21N5O/c1-10-4-2-3-5-12(10,7-13)16-11(18)6-17-9-14-8-15-17/h8-10H,2-7,13H2,1H3,(H,16,18). The Morgan fingerprint density at radius 3 is 3.06 bits per heavy atom. The number of nitrogens with zero attached hydrogens (tertiary/aromatic N) is 3. The van der Waals surface area contributed by atoms with Crippen LogP contribution in [0.15, 0.2) is 12.7 Å². The molecule has 1 saturated carbocycles. The first-order valence-electron chi connectivity index (χ1n) is 6.50. The van der Waals surface area contributed by atoms with Gasteiger partial charge in [0.25, 0.3) is 0 Å². The highest BCUT2D eigenvalue weighted by Crippen LogP contribution is 2.32. The number of rotatable bonds is 4. The third-order valence-electron chi connectivity index (χ3n) is 3.98. The SMILES string of the molecule is CC1CCCCC1(CN)NC(=O)Cn1cncn1. The van der Waals surface area contributed by atoms with Gasteiger partial charge in [-0.2, -0.15) is 5.10 Å². The molecule has 0 spiro atoms. The van der Waals surface area contributed by atoms with E-state index in [1.807, 2.05) is 0 Å². The fourth-order valence-corrected chi connectivity index (χ4v) is 2.73. The summed E-state index contributed by atoms with van der Waals surface area (Å²) < 4.78 is 1.52. The van der Waals surface area contributed by atoms with Gasteiger partial charge in [0.1, 0.15) is 19.2 Å². The van der Waals surface area contributed by atoms with E-state index >= 15 is 0 Å². The third kappa shape index (κ3) is 2.69. The maximum atomic E-state index is 12.0. The molecule has 6 nitrogen and oxygen atoms in total. The molecule has 100 valence electrons. The minimum Gasteiger partial charge on any atom is -0.348 e. The van der Waals surface area contributed by atoms with E-state index in [1.54, 1.807) is 6.33 Å². The molecule has 0 saturated heterocycles. The van der Waals surface area contributed by atoms with Crippen LogP contribution in [0.1, 0.15) is 32.6 Å². The minimum absolute atomic E-state index is 0.0419. The second-order valence-electron chi connectivity index (χ2n) is 5.15. The summed E-state index contributed by atoms with van der Waals surface area (Å²) in [6, 6.07) is 0. The predicted octanol–water partition coefficient (Wildman–Crippen LogP) is 0.302. The van der Waals surface area contributed by atoms with Gasteiger partial charge in [0, 0.05) is 6.54 Å². The van der Waals surface area contributed by atoms with Crippen LogP contribution in [0, 0.1) is 5.92 Å². The normalized spacial score (nSPS) is 28.0. The van der Waals surface area contributed by atoms with E-state index in [4.69, 9.17) is 5.73 Å². The lowest BCUT2D eigenvalue weighted by Crippen LogP contribution is -2.59. The van der Waals surface area contributed by atoms with Crippen LogP contribution < -0.4 is 11.1 Å². The molecule has 3 N–H and O–H groups in total. The molecule has 2 rings (SSSR count). The van der Waals surface area contributed by atoms with Gasteiger partial charge in [-0.05, 0) is 18.8 Å². The van der Waals surface area contributed by atoms with Crippen molar-refractivity contribution < 1.29 is 4.79 Å². The molecule has 0 bridgehead atoms. The molecule has 6 heteroatoms. The molecule has 0 aromatic carbocycles. The van der Waals surface area contributed by atoms with Gasteiger partial charge in [-0.3, -0.25) is 4.79 Å². The van der Waals surface area contributed by atoms with Crippen LogP contribution in [0.4, 0.5) is 0 Å². The summed E-state index contributed by atoms with van der Waals surface area (Å²) in [5, 5.41) is 7.05. The van der Waals surface area contributed by atoms with Crippen LogP contribution in [0.2, 0.25) is 0 Å². The topological polar surface area (TPSA) is 85.8 Å². The summed E-state index contributed by atoms with van der Waals surface area (Å²) in [6.07, 6.45) is 7.41. The number of hydrogen-bond donors (Lipinski definition) is 2. The lowest BCUT2D eigenvalue weighted by Gasteiger charge is -2.42. The Balaban J connectivity index is 1.99. The highest BCUT2D eigenvalue weighted by molar-refractivity contribution is 5.76. The first kappa shape index (κ1) is 13.0. The van der Waals surface area contributed by atoms with Crippen molar-refractivity contribution in [2.75, 3.05) is 6.54 Å². The van der Waals surface area contributed by atoms with Crippen LogP contribution in [-0.2, 0) is 11.3 Å². The molecular formula is C12H21N5O. The summed E-state index contributed by atoms with van der Waals surface area (Å²) in [7, 11) is 0. The first-order valence-corrected chi connectivity index (χ1v) is 6.50. The van der Waals surface area contributed by atoms with Gasteiger partial charge in [-0.15, -0.1) is 0 Å². The smallest absolute Gasteiger partial charge is 0.242 e. The fourth-order valence-electron chi connectivity index (χ4n) is 2.73. The molecule has 2 unspecified atom stereocenters. The monoisotopic (exact) mass is 251 g/mol. The molecule has 1 heterocycles. The summed E-state index contributed by atoms with van der Waals surface area (Å²) in [4.78, 5) is 15.9. The Labute approximate surface area is 107 Å². The maximum Gasteiger partial charge on any atom is 0.242 e. The zero-order chi connectivity index (χ0) is 13.0. The van der Waals surface area contributed by atoms with Crippen LogP contribution in [-0.4, -0.2) is 32.8 Å². The van der Waals surface area contributed by atoms with E-state index in [-0.39, 0.29) is 18.0 Å². The number of aromatic nitrogens is 3. The van der Waals surface area contributed by atoms with Crippen molar-refractivity contribution in [2.45, 2.75) is 44.7 Å². The lowest BCUT2D eigenvalue weighted by atomic mass is 9.73. The molecule has 1 aromatic heterocycles. The van der Waals surface area contributed by atoms with E-state index in [2.05, 4.69) is 22.3 Å². The van der Waals surface area contributed by atoms with Gasteiger partial charge in [0.2, 0.25) is 5.91 Å². The minimum atomic E-state index is -0.240. The van der Waals surface area contributed by atoms with E-state index in [1.165, 1.54) is 17.4 Å². The molecule has 1 fully saturated rings. The molecular weight excluding hydrogens is 230 g/mol. The number of nitrogens with two attached hydrogens (primary N) is 1. The molecule has 1 aromatic rings. The van der Waals surface area contributed by atoms with Gasteiger partial charge in [-0.1, -0.05) is 19.8 Å². The number of hydrogen-bond acceptors (Lipinski definition) is 4. The molecule has 1 amide bonds. The third-order valence-corrected chi connectivity index (χ3v) is 3.98. The quantitative estimate of drug-likeness (QED) is 0.806. The van der Waals surface area contributed by atoms with Gasteiger partial charge in [0.05, 0.1) is 5.54 Å². The van der Waals surface area contributed by atoms with Crippen molar-refractivity contribution in [1.29, 1.82) is 0 Å². The molecule has 18 heavy (non-hydrogen) atoms. The van der Waals surface area contributed by atoms with Gasteiger partial charge in [0.15, 0.2) is 0 Å². The molecule has 1 aliphatic carbocycles. The van der Waals surface area contributed by atoms with Crippen LogP contribution in [0.25, 0.3) is 0 Å². The number of carbonyl (C=O) groups excluding carboxylic acids is 1. The zero-order valence-electron chi connectivity index (χ0n) is 10.8. The Morgan fingerprint density at radius 1 is 1.61 bits per heavy atom. The van der Waals surface area contributed by atoms with E-state index in [0.717, 1.165) is 19.3 Å². The Kier molecular flexibility index (Phi) is 3.96. The van der Waals surface area contributed by atoms with Crippen molar-refractivity contribution in [3.05, 3.63) is 12.7 Å². The van der Waals surface area contributed by atoms with Crippen molar-refractivity contribution in [2.24, 2.45) is 11.7 Å². The van der Waals surface area contributed by atoms with Crippen LogP contribution in [0.5, 0.6) is 0 Å². The number of carbonyl (C=O) groups is 1. The lowest BCUT2D eigenvalue weighted by molar-refractivity contribution is -0.124. The van der Waals surface area contributed by atoms with E-state index < -0.39 is 0 Å². The highest BCUT2D eigenvalue weighted by Gasteiger charge is 2.38. The maximum absolute atomic E-state index is 12.0. The van der Waals surface area contributed by atoms with Crippen molar-refractivity contribution in [3.63, 3.8) is 0 Å². The van der Waals surface area contributed by atoms with E-state index in [0.29, 0.717) is 12.5 Å². The van der Waals surface area contributed by atoms with E-state index in [9.17, 15) is 4.79 Å². The summed E-state index contributed by atoms with van der Waals surface area (Å²) in [5.41, 5.74) is 5.66. The second-order valence-corrected chi connectivity index (χ2v) is 5.15. The second kappa shape index (κ2) is 5.48. The summed E-state index contributed by atoms with van der Waals surface area (Å²) in [5.74, 6) is 0.385. The highest BCUT2D eigenvalue weighted by atomic mass is 16.2. The largest absolute Gasteiger partial charge is 0.348 e. The van der Waals surface area contributed by atoms with Gasteiger partial charge < -0.3 is 11.1 Å². The molecule has 1 aliphatic rings. The predicted molar refractivity (Wildman–Crippen MR) is 67.6 cm³/mol. The fraction of sp³-hybridized carbons (Fsp3) is 0.750. The molecule has 0 aliphatic heterocycles. The van der Waals surface area contributed by atoms with Crippen molar-refractivity contribution in [3.8, 4) is 0 Å².